The van der Waals surface area contributed by atoms with Gasteiger partial charge in [-0.1, -0.05) is 11.6 Å². The van der Waals surface area contributed by atoms with E-state index < -0.39 is 26.2 Å². The first-order valence-electron chi connectivity index (χ1n) is 5.58. The van der Waals surface area contributed by atoms with E-state index in [1.807, 2.05) is 0 Å². The highest BCUT2D eigenvalue weighted by Gasteiger charge is 2.24. The third kappa shape index (κ3) is 4.14. The molecule has 0 spiro atoms. The first-order valence-corrected chi connectivity index (χ1v) is 7.44. The van der Waals surface area contributed by atoms with Crippen LogP contribution in [0.2, 0.25) is 5.02 Å². The zero-order valence-electron chi connectivity index (χ0n) is 11.2. The predicted octanol–water partition coefficient (Wildman–Crippen LogP) is 1.95. The Balaban J connectivity index is 3.05. The van der Waals surface area contributed by atoms with E-state index in [4.69, 9.17) is 16.3 Å². The maximum atomic E-state index is 12.0. The molecule has 0 atom stereocenters. The van der Waals surface area contributed by atoms with Crippen molar-refractivity contribution in [2.24, 2.45) is 0 Å². The fourth-order valence-electron chi connectivity index (χ4n) is 1.22. The summed E-state index contributed by atoms with van der Waals surface area (Å²) < 4.78 is 31.5. The lowest BCUT2D eigenvalue weighted by Crippen LogP contribution is -2.39. The molecule has 0 saturated carbocycles. The molecule has 20 heavy (non-hydrogen) atoms. The van der Waals surface area contributed by atoms with Gasteiger partial charge in [0, 0.05) is 19.7 Å². The minimum absolute atomic E-state index is 0.0300. The maximum absolute atomic E-state index is 12.0. The van der Waals surface area contributed by atoms with E-state index in [-0.39, 0.29) is 16.5 Å². The highest BCUT2D eigenvalue weighted by Crippen LogP contribution is 2.27. The van der Waals surface area contributed by atoms with Crippen LogP contribution in [0, 0.1) is 10.1 Å². The Kier molecular flexibility index (Phi) is 5.09. The van der Waals surface area contributed by atoms with Crippen molar-refractivity contribution in [2.75, 3.05) is 13.7 Å². The lowest BCUT2D eigenvalue weighted by Gasteiger charge is -2.23. The van der Waals surface area contributed by atoms with Crippen molar-refractivity contribution in [3.63, 3.8) is 0 Å². The van der Waals surface area contributed by atoms with E-state index in [0.29, 0.717) is 0 Å². The van der Waals surface area contributed by atoms with Gasteiger partial charge in [-0.3, -0.25) is 10.1 Å². The number of hydrogen-bond donors (Lipinski definition) is 1. The molecule has 0 amide bonds. The minimum atomic E-state index is -3.87. The van der Waals surface area contributed by atoms with Crippen LogP contribution in [0.25, 0.3) is 0 Å². The number of nitro benzene ring substituents is 1. The van der Waals surface area contributed by atoms with Gasteiger partial charge in [-0.05, 0) is 26.0 Å². The number of nitrogens with zero attached hydrogens (tertiary/aromatic N) is 1. The standard InChI is InChI=1S/C11H15ClN2O5S/c1-11(2,19-3)7-13-20(17,18)8-4-5-9(12)10(6-8)14(15)16/h4-6,13H,7H2,1-3H3. The highest BCUT2D eigenvalue weighted by atomic mass is 35.5. The van der Waals surface area contributed by atoms with Gasteiger partial charge in [0.2, 0.25) is 10.0 Å². The summed E-state index contributed by atoms with van der Waals surface area (Å²) >= 11 is 5.64. The van der Waals surface area contributed by atoms with Crippen LogP contribution in [-0.2, 0) is 14.8 Å². The summed E-state index contributed by atoms with van der Waals surface area (Å²) in [5, 5.41) is 10.6. The fourth-order valence-corrected chi connectivity index (χ4v) is 2.63. The van der Waals surface area contributed by atoms with Gasteiger partial charge in [-0.2, -0.15) is 0 Å². The number of nitrogens with one attached hydrogen (secondary N) is 1. The summed E-state index contributed by atoms with van der Waals surface area (Å²) in [6, 6.07) is 3.30. The number of sulfonamides is 1. The molecule has 0 bridgehead atoms. The van der Waals surface area contributed by atoms with Crippen molar-refractivity contribution in [1.29, 1.82) is 0 Å². The van der Waals surface area contributed by atoms with Gasteiger partial charge < -0.3 is 4.74 Å². The molecule has 112 valence electrons. The lowest BCUT2D eigenvalue weighted by molar-refractivity contribution is -0.384. The van der Waals surface area contributed by atoms with Gasteiger partial charge in [0.25, 0.3) is 5.69 Å². The van der Waals surface area contributed by atoms with E-state index in [9.17, 15) is 18.5 Å². The zero-order valence-corrected chi connectivity index (χ0v) is 12.8. The Morgan fingerprint density at radius 2 is 2.05 bits per heavy atom. The second kappa shape index (κ2) is 6.04. The summed E-state index contributed by atoms with van der Waals surface area (Å²) in [6.45, 7) is 3.45. The van der Waals surface area contributed by atoms with Crippen LogP contribution in [0.5, 0.6) is 0 Å². The number of ether oxygens (including phenoxy) is 1. The molecule has 0 aliphatic carbocycles. The maximum Gasteiger partial charge on any atom is 0.289 e. The Morgan fingerprint density at radius 1 is 1.45 bits per heavy atom. The smallest absolute Gasteiger partial charge is 0.289 e. The number of hydrogen-bond acceptors (Lipinski definition) is 5. The average Bonchev–Trinajstić information content (AvgIpc) is 2.36. The number of methoxy groups -OCH3 is 1. The molecule has 0 aliphatic rings. The van der Waals surface area contributed by atoms with Gasteiger partial charge in [0.15, 0.2) is 0 Å². The van der Waals surface area contributed by atoms with E-state index in [2.05, 4.69) is 4.72 Å². The van der Waals surface area contributed by atoms with Crippen LogP contribution < -0.4 is 4.72 Å². The average molecular weight is 323 g/mol. The first-order chi connectivity index (χ1) is 9.09. The van der Waals surface area contributed by atoms with Gasteiger partial charge in [-0.25, -0.2) is 13.1 Å². The minimum Gasteiger partial charge on any atom is -0.377 e. The predicted molar refractivity (Wildman–Crippen MR) is 74.4 cm³/mol. The molecule has 1 aromatic carbocycles. The molecule has 9 heteroatoms. The van der Waals surface area contributed by atoms with E-state index >= 15 is 0 Å². The van der Waals surface area contributed by atoms with Crippen molar-refractivity contribution >= 4 is 27.3 Å². The Hall–Kier alpha value is -1.22. The molecule has 1 aromatic rings. The summed E-state index contributed by atoms with van der Waals surface area (Å²) in [6.07, 6.45) is 0. The zero-order chi connectivity index (χ0) is 15.6. The monoisotopic (exact) mass is 322 g/mol. The van der Waals surface area contributed by atoms with Gasteiger partial charge in [-0.15, -0.1) is 0 Å². The molecule has 0 radical (unpaired) electrons. The van der Waals surface area contributed by atoms with E-state index in [1.54, 1.807) is 13.8 Å². The topological polar surface area (TPSA) is 98.5 Å². The molecule has 0 fully saturated rings. The second-order valence-electron chi connectivity index (χ2n) is 4.66. The second-order valence-corrected chi connectivity index (χ2v) is 6.83. The van der Waals surface area contributed by atoms with Crippen LogP contribution in [0.4, 0.5) is 5.69 Å². The third-order valence-electron chi connectivity index (χ3n) is 2.67. The Morgan fingerprint density at radius 3 is 2.55 bits per heavy atom. The van der Waals surface area contributed by atoms with Crippen LogP contribution in [0.15, 0.2) is 23.1 Å². The fraction of sp³-hybridized carbons (Fsp3) is 0.455. The molecular formula is C11H15ClN2O5S. The molecule has 1 rings (SSSR count). The van der Waals surface area contributed by atoms with Gasteiger partial charge in [0.05, 0.1) is 15.4 Å². The third-order valence-corrected chi connectivity index (χ3v) is 4.38. The molecule has 1 N–H and O–H groups in total. The van der Waals surface area contributed by atoms with E-state index in [1.165, 1.54) is 19.2 Å². The van der Waals surface area contributed by atoms with Crippen molar-refractivity contribution in [1.82, 2.24) is 4.72 Å². The molecule has 0 saturated heterocycles. The number of nitro groups is 1. The molecule has 0 aromatic heterocycles. The summed E-state index contributed by atoms with van der Waals surface area (Å²) in [5.41, 5.74) is -1.15. The van der Waals surface area contributed by atoms with Crippen LogP contribution >= 0.6 is 11.6 Å². The van der Waals surface area contributed by atoms with Gasteiger partial charge >= 0.3 is 0 Å². The molecule has 7 nitrogen and oxygen atoms in total. The Labute approximate surface area is 122 Å². The normalized spacial score (nSPS) is 12.4. The molecule has 0 heterocycles. The number of benzene rings is 1. The van der Waals surface area contributed by atoms with E-state index in [0.717, 1.165) is 6.07 Å². The van der Waals surface area contributed by atoms with Crippen LogP contribution in [-0.4, -0.2) is 32.6 Å². The number of rotatable bonds is 6. The first kappa shape index (κ1) is 16.8. The van der Waals surface area contributed by atoms with Gasteiger partial charge in [0.1, 0.15) is 5.02 Å². The quantitative estimate of drug-likeness (QED) is 0.637. The highest BCUT2D eigenvalue weighted by molar-refractivity contribution is 7.89. The largest absolute Gasteiger partial charge is 0.377 e. The summed E-state index contributed by atoms with van der Waals surface area (Å²) in [7, 11) is -2.41. The van der Waals surface area contributed by atoms with Crippen LogP contribution in [0.1, 0.15) is 13.8 Å². The van der Waals surface area contributed by atoms with Crippen molar-refractivity contribution in [3.8, 4) is 0 Å². The molecule has 0 aliphatic heterocycles. The number of halogens is 1. The van der Waals surface area contributed by atoms with Crippen molar-refractivity contribution < 1.29 is 18.1 Å². The summed E-state index contributed by atoms with van der Waals surface area (Å²) in [5.74, 6) is 0. The van der Waals surface area contributed by atoms with Crippen molar-refractivity contribution in [3.05, 3.63) is 33.3 Å². The Bertz CT molecular complexity index is 615. The summed E-state index contributed by atoms with van der Waals surface area (Å²) in [4.78, 5) is 9.79. The molecular weight excluding hydrogens is 308 g/mol. The van der Waals surface area contributed by atoms with Crippen LogP contribution in [0.3, 0.4) is 0 Å². The molecule has 0 unspecified atom stereocenters. The lowest BCUT2D eigenvalue weighted by atomic mass is 10.1. The van der Waals surface area contributed by atoms with Crippen molar-refractivity contribution in [2.45, 2.75) is 24.3 Å². The SMILES string of the molecule is COC(C)(C)CNS(=O)(=O)c1ccc(Cl)c([N+](=O)[O-])c1.